The number of halogens is 1. The molecule has 2 N–H and O–H groups in total. The van der Waals surface area contributed by atoms with Crippen molar-refractivity contribution >= 4 is 39.4 Å². The lowest BCUT2D eigenvalue weighted by atomic mass is 10.2. The van der Waals surface area contributed by atoms with E-state index in [1.165, 1.54) is 30.0 Å². The monoisotopic (exact) mass is 323 g/mol. The van der Waals surface area contributed by atoms with Crippen LogP contribution in [0.15, 0.2) is 29.2 Å². The highest BCUT2D eigenvalue weighted by Gasteiger charge is 2.24. The normalized spacial score (nSPS) is 13.2. The van der Waals surface area contributed by atoms with Gasteiger partial charge in [-0.05, 0) is 36.6 Å². The van der Waals surface area contributed by atoms with Crippen molar-refractivity contribution in [2.75, 3.05) is 12.0 Å². The van der Waals surface area contributed by atoms with Crippen molar-refractivity contribution in [3.8, 4) is 0 Å². The van der Waals surface area contributed by atoms with Gasteiger partial charge in [-0.2, -0.15) is 16.5 Å². The Kier molecular flexibility index (Phi) is 6.12. The summed E-state index contributed by atoms with van der Waals surface area (Å²) in [5.74, 6) is -0.644. The minimum atomic E-state index is -3.88. The lowest BCUT2D eigenvalue weighted by molar-refractivity contribution is -0.139. The van der Waals surface area contributed by atoms with Crippen molar-refractivity contribution in [3.63, 3.8) is 0 Å². The minimum absolute atomic E-state index is 0.0459. The third kappa shape index (κ3) is 5.02. The van der Waals surface area contributed by atoms with Crippen molar-refractivity contribution in [2.45, 2.75) is 17.4 Å². The zero-order valence-electron chi connectivity index (χ0n) is 10.2. The molecule has 0 radical (unpaired) electrons. The number of carboxylic acid groups (broad SMARTS) is 1. The molecule has 1 atom stereocenters. The third-order valence-corrected chi connectivity index (χ3v) is 4.66. The molecule has 0 aliphatic carbocycles. The van der Waals surface area contributed by atoms with Crippen LogP contribution in [0.25, 0.3) is 0 Å². The smallest absolute Gasteiger partial charge is 0.321 e. The minimum Gasteiger partial charge on any atom is -0.480 e. The highest BCUT2D eigenvalue weighted by molar-refractivity contribution is 7.98. The van der Waals surface area contributed by atoms with E-state index in [0.717, 1.165) is 0 Å². The Morgan fingerprint density at radius 2 is 2.21 bits per heavy atom. The number of carboxylic acids is 1. The fourth-order valence-corrected chi connectivity index (χ4v) is 3.35. The Hall–Kier alpha value is -0.760. The molecule has 0 aromatic heterocycles. The van der Waals surface area contributed by atoms with Gasteiger partial charge in [0.1, 0.15) is 6.04 Å². The molecule has 0 bridgehead atoms. The van der Waals surface area contributed by atoms with Crippen LogP contribution in [0.3, 0.4) is 0 Å². The summed E-state index contributed by atoms with van der Waals surface area (Å²) in [6, 6.07) is 4.53. The predicted molar refractivity (Wildman–Crippen MR) is 76.2 cm³/mol. The standard InChI is InChI=1S/C11H14ClNO4S2/c1-18-6-5-10(11(14)15)13-19(16,17)9-4-2-3-8(12)7-9/h2-4,7,10,13H,5-6H2,1H3,(H,14,15). The van der Waals surface area contributed by atoms with Crippen LogP contribution in [-0.2, 0) is 14.8 Å². The molecule has 8 heteroatoms. The number of hydrogen-bond donors (Lipinski definition) is 2. The van der Waals surface area contributed by atoms with Crippen molar-refractivity contribution in [1.29, 1.82) is 0 Å². The summed E-state index contributed by atoms with van der Waals surface area (Å²) in [6.07, 6.45) is 2.04. The molecule has 0 fully saturated rings. The molecular formula is C11H14ClNO4S2. The Balaban J connectivity index is 2.91. The summed E-state index contributed by atoms with van der Waals surface area (Å²) >= 11 is 7.17. The largest absolute Gasteiger partial charge is 0.480 e. The van der Waals surface area contributed by atoms with Crippen LogP contribution < -0.4 is 4.72 Å². The molecule has 0 saturated heterocycles. The molecule has 19 heavy (non-hydrogen) atoms. The van der Waals surface area contributed by atoms with Gasteiger partial charge in [-0.1, -0.05) is 17.7 Å². The van der Waals surface area contributed by atoms with Crippen molar-refractivity contribution in [1.82, 2.24) is 4.72 Å². The van der Waals surface area contributed by atoms with Gasteiger partial charge in [-0.3, -0.25) is 4.79 Å². The molecule has 1 unspecified atom stereocenters. The maximum absolute atomic E-state index is 12.0. The maximum atomic E-state index is 12.0. The first-order valence-corrected chi connectivity index (χ1v) is 8.62. The molecule has 0 amide bonds. The van der Waals surface area contributed by atoms with Crippen molar-refractivity contribution in [3.05, 3.63) is 29.3 Å². The zero-order valence-corrected chi connectivity index (χ0v) is 12.6. The van der Waals surface area contributed by atoms with E-state index in [1.54, 1.807) is 6.07 Å². The average Bonchev–Trinajstić information content (AvgIpc) is 2.34. The van der Waals surface area contributed by atoms with Crippen molar-refractivity contribution < 1.29 is 18.3 Å². The van der Waals surface area contributed by atoms with Crippen LogP contribution in [0.5, 0.6) is 0 Å². The molecule has 1 aromatic rings. The second-order valence-electron chi connectivity index (χ2n) is 3.75. The van der Waals surface area contributed by atoms with Gasteiger partial charge in [0.25, 0.3) is 0 Å². The number of aliphatic carboxylic acids is 1. The molecule has 106 valence electrons. The van der Waals surface area contributed by atoms with E-state index in [-0.39, 0.29) is 16.3 Å². The lowest BCUT2D eigenvalue weighted by Gasteiger charge is -2.14. The van der Waals surface area contributed by atoms with Crippen LogP contribution in [0.1, 0.15) is 6.42 Å². The first-order chi connectivity index (χ1) is 8.86. The van der Waals surface area contributed by atoms with Gasteiger partial charge in [0.15, 0.2) is 0 Å². The van der Waals surface area contributed by atoms with Crippen LogP contribution in [0, 0.1) is 0 Å². The number of nitrogens with one attached hydrogen (secondary N) is 1. The first kappa shape index (κ1) is 16.3. The molecule has 0 spiro atoms. The summed E-state index contributed by atoms with van der Waals surface area (Å²) in [4.78, 5) is 11.0. The van der Waals surface area contributed by atoms with Gasteiger partial charge in [0.2, 0.25) is 10.0 Å². The highest BCUT2D eigenvalue weighted by Crippen LogP contribution is 2.16. The van der Waals surface area contributed by atoms with Crippen LogP contribution >= 0.6 is 23.4 Å². The predicted octanol–water partition coefficient (Wildman–Crippen LogP) is 1.82. The lowest BCUT2D eigenvalue weighted by Crippen LogP contribution is -2.41. The summed E-state index contributed by atoms with van der Waals surface area (Å²) in [5, 5.41) is 9.28. The quantitative estimate of drug-likeness (QED) is 0.799. The SMILES string of the molecule is CSCCC(NS(=O)(=O)c1cccc(Cl)c1)C(=O)O. The van der Waals surface area contributed by atoms with E-state index >= 15 is 0 Å². The van der Waals surface area contributed by atoms with E-state index in [1.807, 2.05) is 6.26 Å². The number of hydrogen-bond acceptors (Lipinski definition) is 4. The summed E-state index contributed by atoms with van der Waals surface area (Å²) in [7, 11) is -3.88. The Bertz CT molecular complexity index is 547. The number of thioether (sulfide) groups is 1. The molecule has 5 nitrogen and oxygen atoms in total. The summed E-state index contributed by atoms with van der Waals surface area (Å²) < 4.78 is 26.2. The topological polar surface area (TPSA) is 83.5 Å². The number of benzene rings is 1. The molecule has 0 aliphatic rings. The van der Waals surface area contributed by atoms with E-state index in [2.05, 4.69) is 4.72 Å². The van der Waals surface area contributed by atoms with Crippen LogP contribution in [0.2, 0.25) is 5.02 Å². The number of sulfonamides is 1. The van der Waals surface area contributed by atoms with E-state index in [4.69, 9.17) is 16.7 Å². The second-order valence-corrected chi connectivity index (χ2v) is 6.89. The van der Waals surface area contributed by atoms with Crippen molar-refractivity contribution in [2.24, 2.45) is 0 Å². The van der Waals surface area contributed by atoms with Gasteiger partial charge < -0.3 is 5.11 Å². The Morgan fingerprint density at radius 3 is 2.74 bits per heavy atom. The van der Waals surface area contributed by atoms with Gasteiger partial charge in [-0.25, -0.2) is 8.42 Å². The summed E-state index contributed by atoms with van der Waals surface area (Å²) in [6.45, 7) is 0. The van der Waals surface area contributed by atoms with Gasteiger partial charge in [0, 0.05) is 5.02 Å². The average molecular weight is 324 g/mol. The van der Waals surface area contributed by atoms with E-state index in [0.29, 0.717) is 5.75 Å². The summed E-state index contributed by atoms with van der Waals surface area (Å²) in [5.41, 5.74) is 0. The van der Waals surface area contributed by atoms with Crippen LogP contribution in [-0.4, -0.2) is 37.5 Å². The van der Waals surface area contributed by atoms with E-state index < -0.39 is 22.0 Å². The Morgan fingerprint density at radius 1 is 1.53 bits per heavy atom. The third-order valence-electron chi connectivity index (χ3n) is 2.31. The molecule has 1 rings (SSSR count). The fraction of sp³-hybridized carbons (Fsp3) is 0.364. The number of rotatable bonds is 7. The maximum Gasteiger partial charge on any atom is 0.321 e. The molecule has 0 saturated carbocycles. The zero-order chi connectivity index (χ0) is 14.5. The molecule has 0 aliphatic heterocycles. The molecule has 1 aromatic carbocycles. The highest BCUT2D eigenvalue weighted by atomic mass is 35.5. The Labute approximate surface area is 121 Å². The molecular weight excluding hydrogens is 310 g/mol. The second kappa shape index (κ2) is 7.14. The first-order valence-electron chi connectivity index (χ1n) is 5.36. The van der Waals surface area contributed by atoms with E-state index in [9.17, 15) is 13.2 Å². The molecule has 0 heterocycles. The van der Waals surface area contributed by atoms with Gasteiger partial charge >= 0.3 is 5.97 Å². The van der Waals surface area contributed by atoms with Gasteiger partial charge in [-0.15, -0.1) is 0 Å². The van der Waals surface area contributed by atoms with Gasteiger partial charge in [0.05, 0.1) is 4.90 Å². The fourth-order valence-electron chi connectivity index (χ4n) is 1.36. The number of carbonyl (C=O) groups is 1. The van der Waals surface area contributed by atoms with Crippen LogP contribution in [0.4, 0.5) is 0 Å².